The normalized spacial score (nSPS) is 18.1. The van der Waals surface area contributed by atoms with E-state index in [-0.39, 0.29) is 0 Å². The number of hydrogen-bond acceptors (Lipinski definition) is 4. The highest BCUT2D eigenvalue weighted by atomic mass is 127. The summed E-state index contributed by atoms with van der Waals surface area (Å²) in [5.41, 5.74) is 0. The first-order valence-electron chi connectivity index (χ1n) is 5.06. The lowest BCUT2D eigenvalue weighted by Crippen LogP contribution is -2.37. The van der Waals surface area contributed by atoms with Crippen molar-refractivity contribution < 1.29 is 4.74 Å². The van der Waals surface area contributed by atoms with Crippen LogP contribution in [-0.4, -0.2) is 36.5 Å². The maximum atomic E-state index is 5.33. The molecule has 1 aliphatic rings. The molecule has 82 valence electrons. The van der Waals surface area contributed by atoms with Crippen LogP contribution in [0, 0.1) is 3.70 Å². The number of anilines is 1. The highest BCUT2D eigenvalue weighted by molar-refractivity contribution is 14.1. The Morgan fingerprint density at radius 1 is 1.33 bits per heavy atom. The lowest BCUT2D eigenvalue weighted by molar-refractivity contribution is 0.0817. The Morgan fingerprint density at radius 3 is 2.60 bits per heavy atom. The largest absolute Gasteiger partial charge is 0.381 e. The minimum absolute atomic E-state index is 0.415. The molecule has 4 nitrogen and oxygen atoms in total. The second-order valence-electron chi connectivity index (χ2n) is 3.64. The molecular weight excluding hydrogens is 305 g/mol. The van der Waals surface area contributed by atoms with Crippen LogP contribution in [0.25, 0.3) is 0 Å². The van der Waals surface area contributed by atoms with Gasteiger partial charge in [-0.1, -0.05) is 0 Å². The molecule has 0 bridgehead atoms. The van der Waals surface area contributed by atoms with E-state index in [4.69, 9.17) is 4.74 Å². The van der Waals surface area contributed by atoms with Crippen molar-refractivity contribution in [1.82, 2.24) is 10.2 Å². The van der Waals surface area contributed by atoms with Gasteiger partial charge in [0, 0.05) is 20.2 Å². The van der Waals surface area contributed by atoms with Gasteiger partial charge in [-0.15, -0.1) is 10.2 Å². The van der Waals surface area contributed by atoms with Gasteiger partial charge in [-0.3, -0.25) is 0 Å². The number of ether oxygens (including phenoxy) is 1. The van der Waals surface area contributed by atoms with Crippen LogP contribution in [0.15, 0.2) is 12.1 Å². The van der Waals surface area contributed by atoms with E-state index in [0.29, 0.717) is 6.10 Å². The van der Waals surface area contributed by atoms with E-state index in [1.54, 1.807) is 7.11 Å². The van der Waals surface area contributed by atoms with Crippen LogP contribution in [0.5, 0.6) is 0 Å². The summed E-state index contributed by atoms with van der Waals surface area (Å²) in [5, 5.41) is 8.24. The minimum atomic E-state index is 0.415. The summed E-state index contributed by atoms with van der Waals surface area (Å²) < 4.78 is 6.26. The Balaban J connectivity index is 1.98. The van der Waals surface area contributed by atoms with Gasteiger partial charge in [-0.2, -0.15) is 0 Å². The van der Waals surface area contributed by atoms with Gasteiger partial charge in [0.25, 0.3) is 0 Å². The molecule has 0 unspecified atom stereocenters. The summed E-state index contributed by atoms with van der Waals surface area (Å²) >= 11 is 2.16. The number of nitrogens with zero attached hydrogens (tertiary/aromatic N) is 3. The van der Waals surface area contributed by atoms with E-state index in [1.807, 2.05) is 12.1 Å². The third-order valence-electron chi connectivity index (χ3n) is 2.72. The van der Waals surface area contributed by atoms with Gasteiger partial charge in [-0.05, 0) is 47.6 Å². The molecule has 0 N–H and O–H groups in total. The predicted molar refractivity (Wildman–Crippen MR) is 67.0 cm³/mol. The SMILES string of the molecule is COC1CCN(c2ccc(I)nn2)CC1. The molecule has 2 heterocycles. The van der Waals surface area contributed by atoms with Gasteiger partial charge in [0.05, 0.1) is 6.10 Å². The van der Waals surface area contributed by atoms with Gasteiger partial charge in [0.2, 0.25) is 0 Å². The molecule has 1 aromatic rings. The number of rotatable bonds is 2. The first kappa shape index (κ1) is 11.1. The lowest BCUT2D eigenvalue weighted by Gasteiger charge is -2.31. The Labute approximate surface area is 103 Å². The molecular formula is C10H14IN3O. The van der Waals surface area contributed by atoms with Crippen molar-refractivity contribution in [2.75, 3.05) is 25.1 Å². The van der Waals surface area contributed by atoms with Crippen molar-refractivity contribution in [3.63, 3.8) is 0 Å². The molecule has 0 amide bonds. The first-order chi connectivity index (χ1) is 7.29. The molecule has 1 aliphatic heterocycles. The molecule has 0 aliphatic carbocycles. The fourth-order valence-electron chi connectivity index (χ4n) is 1.80. The summed E-state index contributed by atoms with van der Waals surface area (Å²) in [6, 6.07) is 4.02. The molecule has 0 aromatic carbocycles. The van der Waals surface area contributed by atoms with Crippen molar-refractivity contribution >= 4 is 28.4 Å². The second-order valence-corrected chi connectivity index (χ2v) is 4.74. The zero-order valence-corrected chi connectivity index (χ0v) is 10.8. The predicted octanol–water partition coefficient (Wildman–Crippen LogP) is 1.70. The Morgan fingerprint density at radius 2 is 2.07 bits per heavy atom. The van der Waals surface area contributed by atoms with Crippen molar-refractivity contribution in [2.24, 2.45) is 0 Å². The smallest absolute Gasteiger partial charge is 0.151 e. The van der Waals surface area contributed by atoms with E-state index in [2.05, 4.69) is 37.7 Å². The molecule has 15 heavy (non-hydrogen) atoms. The quantitative estimate of drug-likeness (QED) is 0.778. The number of aromatic nitrogens is 2. The molecule has 1 aromatic heterocycles. The monoisotopic (exact) mass is 319 g/mol. The molecule has 0 atom stereocenters. The average molecular weight is 319 g/mol. The lowest BCUT2D eigenvalue weighted by atomic mass is 10.1. The van der Waals surface area contributed by atoms with Crippen LogP contribution in [0.4, 0.5) is 5.82 Å². The number of halogens is 1. The highest BCUT2D eigenvalue weighted by Crippen LogP contribution is 2.18. The fourth-order valence-corrected chi connectivity index (χ4v) is 2.09. The average Bonchev–Trinajstić information content (AvgIpc) is 2.30. The van der Waals surface area contributed by atoms with E-state index < -0.39 is 0 Å². The Bertz CT molecular complexity index is 309. The van der Waals surface area contributed by atoms with Gasteiger partial charge in [0.15, 0.2) is 5.82 Å². The van der Waals surface area contributed by atoms with Gasteiger partial charge in [0.1, 0.15) is 3.70 Å². The topological polar surface area (TPSA) is 38.2 Å². The number of hydrogen-bond donors (Lipinski definition) is 0. The van der Waals surface area contributed by atoms with Crippen LogP contribution in [0.1, 0.15) is 12.8 Å². The summed E-state index contributed by atoms with van der Waals surface area (Å²) in [4.78, 5) is 2.26. The Kier molecular flexibility index (Phi) is 3.74. The van der Waals surface area contributed by atoms with E-state index in [1.165, 1.54) is 0 Å². The third-order valence-corrected chi connectivity index (χ3v) is 3.29. The number of piperidine rings is 1. The molecule has 0 spiro atoms. The van der Waals surface area contributed by atoms with Gasteiger partial charge >= 0.3 is 0 Å². The molecule has 1 saturated heterocycles. The van der Waals surface area contributed by atoms with Crippen molar-refractivity contribution in [1.29, 1.82) is 0 Å². The molecule has 2 rings (SSSR count). The van der Waals surface area contributed by atoms with Crippen LogP contribution in [-0.2, 0) is 4.74 Å². The maximum Gasteiger partial charge on any atom is 0.151 e. The molecule has 0 saturated carbocycles. The van der Waals surface area contributed by atoms with Crippen LogP contribution in [0.2, 0.25) is 0 Å². The van der Waals surface area contributed by atoms with Gasteiger partial charge in [-0.25, -0.2) is 0 Å². The van der Waals surface area contributed by atoms with E-state index >= 15 is 0 Å². The first-order valence-corrected chi connectivity index (χ1v) is 6.14. The van der Waals surface area contributed by atoms with Crippen molar-refractivity contribution in [3.8, 4) is 0 Å². The summed E-state index contributed by atoms with van der Waals surface area (Å²) in [6.45, 7) is 2.02. The summed E-state index contributed by atoms with van der Waals surface area (Å²) in [6.07, 6.45) is 2.56. The molecule has 0 radical (unpaired) electrons. The molecule has 5 heteroatoms. The Hall–Kier alpha value is -0.430. The van der Waals surface area contributed by atoms with E-state index in [0.717, 1.165) is 35.4 Å². The number of methoxy groups -OCH3 is 1. The van der Waals surface area contributed by atoms with Gasteiger partial charge < -0.3 is 9.64 Å². The summed E-state index contributed by atoms with van der Waals surface area (Å²) in [7, 11) is 1.78. The van der Waals surface area contributed by atoms with Crippen LogP contribution < -0.4 is 4.90 Å². The van der Waals surface area contributed by atoms with Crippen LogP contribution >= 0.6 is 22.6 Å². The minimum Gasteiger partial charge on any atom is -0.381 e. The highest BCUT2D eigenvalue weighted by Gasteiger charge is 2.19. The maximum absolute atomic E-state index is 5.33. The zero-order valence-electron chi connectivity index (χ0n) is 8.69. The summed E-state index contributed by atoms with van der Waals surface area (Å²) in [5.74, 6) is 0.977. The standard InChI is InChI=1S/C10H14IN3O/c1-15-8-4-6-14(7-5-8)10-3-2-9(11)12-13-10/h2-3,8H,4-7H2,1H3. The zero-order chi connectivity index (χ0) is 10.7. The van der Waals surface area contributed by atoms with Crippen molar-refractivity contribution in [3.05, 3.63) is 15.8 Å². The molecule has 1 fully saturated rings. The van der Waals surface area contributed by atoms with E-state index in [9.17, 15) is 0 Å². The van der Waals surface area contributed by atoms with Crippen LogP contribution in [0.3, 0.4) is 0 Å². The van der Waals surface area contributed by atoms with Crippen molar-refractivity contribution in [2.45, 2.75) is 18.9 Å². The fraction of sp³-hybridized carbons (Fsp3) is 0.600. The second kappa shape index (κ2) is 5.07. The third kappa shape index (κ3) is 2.78.